The van der Waals surface area contributed by atoms with Crippen LogP contribution in [0, 0.1) is 11.8 Å². The van der Waals surface area contributed by atoms with Gasteiger partial charge in [0.15, 0.2) is 0 Å². The molecule has 1 saturated heterocycles. The smallest absolute Gasteiger partial charge is 0.00966 e. The zero-order valence-corrected chi connectivity index (χ0v) is 11.8. The summed E-state index contributed by atoms with van der Waals surface area (Å²) in [4.78, 5) is 2.80. The molecule has 2 nitrogen and oxygen atoms in total. The van der Waals surface area contributed by atoms with Gasteiger partial charge >= 0.3 is 0 Å². The average Bonchev–Trinajstić information content (AvgIpc) is 3.14. The van der Waals surface area contributed by atoms with Gasteiger partial charge in [0.05, 0.1) is 0 Å². The number of piperidine rings is 1. The van der Waals surface area contributed by atoms with E-state index in [9.17, 15) is 0 Å². The maximum atomic E-state index is 3.55. The van der Waals surface area contributed by atoms with E-state index in [2.05, 4.69) is 24.1 Å². The average molecular weight is 238 g/mol. The molecule has 2 aliphatic rings. The predicted octanol–water partition coefficient (Wildman–Crippen LogP) is 2.89. The third-order valence-corrected chi connectivity index (χ3v) is 4.28. The molecule has 17 heavy (non-hydrogen) atoms. The molecule has 2 unspecified atom stereocenters. The van der Waals surface area contributed by atoms with Crippen LogP contribution in [0.15, 0.2) is 0 Å². The highest BCUT2D eigenvalue weighted by Crippen LogP contribution is 2.29. The predicted molar refractivity (Wildman–Crippen MR) is 74.3 cm³/mol. The third kappa shape index (κ3) is 4.59. The minimum absolute atomic E-state index is 0.886. The largest absolute Gasteiger partial charge is 0.316 e. The first-order valence-electron chi connectivity index (χ1n) is 7.74. The summed E-state index contributed by atoms with van der Waals surface area (Å²) in [6.45, 7) is 9.93. The molecule has 0 aromatic carbocycles. The number of rotatable bonds is 7. The maximum absolute atomic E-state index is 3.55. The Kier molecular flexibility index (Phi) is 5.30. The van der Waals surface area contributed by atoms with Crippen LogP contribution in [0.1, 0.15) is 52.4 Å². The van der Waals surface area contributed by atoms with Crippen LogP contribution < -0.4 is 5.32 Å². The number of nitrogens with zero attached hydrogens (tertiary/aromatic N) is 1. The fraction of sp³-hybridized carbons (Fsp3) is 1.00. The highest BCUT2D eigenvalue weighted by Gasteiger charge is 2.31. The van der Waals surface area contributed by atoms with Gasteiger partial charge in [0.2, 0.25) is 0 Å². The van der Waals surface area contributed by atoms with Crippen LogP contribution >= 0.6 is 0 Å². The second kappa shape index (κ2) is 6.75. The number of nitrogens with one attached hydrogen (secondary N) is 1. The molecule has 0 aromatic rings. The fourth-order valence-corrected chi connectivity index (χ4v) is 3.21. The molecule has 1 heterocycles. The van der Waals surface area contributed by atoms with E-state index in [1.807, 2.05) is 0 Å². The Hall–Kier alpha value is -0.0800. The van der Waals surface area contributed by atoms with Gasteiger partial charge in [0.25, 0.3) is 0 Å². The summed E-state index contributed by atoms with van der Waals surface area (Å²) in [6.07, 6.45) is 8.47. The summed E-state index contributed by atoms with van der Waals surface area (Å²) < 4.78 is 0. The molecular formula is C15H30N2. The van der Waals surface area contributed by atoms with Gasteiger partial charge in [-0.15, -0.1) is 0 Å². The molecule has 100 valence electrons. The molecule has 2 fully saturated rings. The Balaban J connectivity index is 1.75. The van der Waals surface area contributed by atoms with Gasteiger partial charge in [-0.05, 0) is 57.0 Å². The van der Waals surface area contributed by atoms with Gasteiger partial charge in [-0.25, -0.2) is 0 Å². The number of hydrogen-bond acceptors (Lipinski definition) is 2. The van der Waals surface area contributed by atoms with Crippen molar-refractivity contribution in [3.05, 3.63) is 0 Å². The van der Waals surface area contributed by atoms with Crippen LogP contribution in [-0.4, -0.2) is 37.1 Å². The van der Waals surface area contributed by atoms with Crippen molar-refractivity contribution < 1.29 is 0 Å². The third-order valence-electron chi connectivity index (χ3n) is 4.28. The monoisotopic (exact) mass is 238 g/mol. The van der Waals surface area contributed by atoms with E-state index in [1.54, 1.807) is 0 Å². The Morgan fingerprint density at radius 1 is 1.29 bits per heavy atom. The lowest BCUT2D eigenvalue weighted by molar-refractivity contribution is 0.174. The molecule has 0 bridgehead atoms. The van der Waals surface area contributed by atoms with Crippen molar-refractivity contribution in [2.45, 2.75) is 58.4 Å². The summed E-state index contributed by atoms with van der Waals surface area (Å²) in [6, 6.07) is 0.941. The number of hydrogen-bond donors (Lipinski definition) is 1. The lowest BCUT2D eigenvalue weighted by Gasteiger charge is -2.32. The van der Waals surface area contributed by atoms with E-state index < -0.39 is 0 Å². The maximum Gasteiger partial charge on any atom is 0.00966 e. The first-order chi connectivity index (χ1) is 8.29. The van der Waals surface area contributed by atoms with Crippen molar-refractivity contribution in [2.24, 2.45) is 11.8 Å². The molecule has 2 rings (SSSR count). The van der Waals surface area contributed by atoms with E-state index in [-0.39, 0.29) is 0 Å². The van der Waals surface area contributed by atoms with E-state index in [0.717, 1.165) is 17.9 Å². The van der Waals surface area contributed by atoms with Crippen LogP contribution in [0.25, 0.3) is 0 Å². The van der Waals surface area contributed by atoms with Crippen molar-refractivity contribution >= 4 is 0 Å². The Morgan fingerprint density at radius 3 is 2.71 bits per heavy atom. The van der Waals surface area contributed by atoms with E-state index in [1.165, 1.54) is 64.7 Å². The summed E-state index contributed by atoms with van der Waals surface area (Å²) in [5.74, 6) is 1.80. The SMILES string of the molecule is CCCC(C)CN(CC1CCCNC1)C1CC1. The standard InChI is InChI=1S/C15H30N2/c1-3-5-13(2)11-17(15-7-8-15)12-14-6-4-9-16-10-14/h13-16H,3-12H2,1-2H3. The minimum Gasteiger partial charge on any atom is -0.316 e. The normalized spacial score (nSPS) is 27.4. The van der Waals surface area contributed by atoms with E-state index >= 15 is 0 Å². The highest BCUT2D eigenvalue weighted by atomic mass is 15.2. The van der Waals surface area contributed by atoms with Crippen LogP contribution in [0.2, 0.25) is 0 Å². The van der Waals surface area contributed by atoms with Crippen molar-refractivity contribution in [3.63, 3.8) is 0 Å². The Labute approximate surface area is 107 Å². The Bertz CT molecular complexity index is 207. The van der Waals surface area contributed by atoms with Crippen molar-refractivity contribution in [1.82, 2.24) is 10.2 Å². The fourth-order valence-electron chi connectivity index (χ4n) is 3.21. The second-order valence-corrected chi connectivity index (χ2v) is 6.29. The topological polar surface area (TPSA) is 15.3 Å². The van der Waals surface area contributed by atoms with Gasteiger partial charge in [-0.1, -0.05) is 20.3 Å². The molecule has 1 N–H and O–H groups in total. The van der Waals surface area contributed by atoms with E-state index in [0.29, 0.717) is 0 Å². The van der Waals surface area contributed by atoms with Gasteiger partial charge < -0.3 is 5.32 Å². The van der Waals surface area contributed by atoms with Crippen LogP contribution in [0.4, 0.5) is 0 Å². The van der Waals surface area contributed by atoms with Gasteiger partial charge in [0.1, 0.15) is 0 Å². The molecule has 1 saturated carbocycles. The minimum atomic E-state index is 0.886. The van der Waals surface area contributed by atoms with Gasteiger partial charge in [-0.3, -0.25) is 4.90 Å². The lowest BCUT2D eigenvalue weighted by Crippen LogP contribution is -2.40. The molecule has 2 heteroatoms. The molecular weight excluding hydrogens is 208 g/mol. The zero-order valence-electron chi connectivity index (χ0n) is 11.8. The molecule has 0 amide bonds. The molecule has 0 radical (unpaired) electrons. The molecule has 2 atom stereocenters. The molecule has 0 spiro atoms. The Morgan fingerprint density at radius 2 is 2.12 bits per heavy atom. The van der Waals surface area contributed by atoms with Gasteiger partial charge in [0, 0.05) is 19.1 Å². The summed E-state index contributed by atoms with van der Waals surface area (Å²) in [5.41, 5.74) is 0. The van der Waals surface area contributed by atoms with E-state index in [4.69, 9.17) is 0 Å². The molecule has 1 aliphatic heterocycles. The van der Waals surface area contributed by atoms with Crippen LogP contribution in [0.3, 0.4) is 0 Å². The lowest BCUT2D eigenvalue weighted by atomic mass is 9.98. The van der Waals surface area contributed by atoms with Crippen LogP contribution in [-0.2, 0) is 0 Å². The van der Waals surface area contributed by atoms with Crippen molar-refractivity contribution in [3.8, 4) is 0 Å². The molecule has 0 aromatic heterocycles. The summed E-state index contributed by atoms with van der Waals surface area (Å²) in [7, 11) is 0. The summed E-state index contributed by atoms with van der Waals surface area (Å²) in [5, 5.41) is 3.55. The highest BCUT2D eigenvalue weighted by molar-refractivity contribution is 4.87. The van der Waals surface area contributed by atoms with Gasteiger partial charge in [-0.2, -0.15) is 0 Å². The first-order valence-corrected chi connectivity index (χ1v) is 7.74. The quantitative estimate of drug-likeness (QED) is 0.733. The van der Waals surface area contributed by atoms with Crippen molar-refractivity contribution in [2.75, 3.05) is 26.2 Å². The van der Waals surface area contributed by atoms with Crippen molar-refractivity contribution in [1.29, 1.82) is 0 Å². The zero-order chi connectivity index (χ0) is 12.1. The summed E-state index contributed by atoms with van der Waals surface area (Å²) >= 11 is 0. The first kappa shape index (κ1) is 13.4. The second-order valence-electron chi connectivity index (χ2n) is 6.29. The van der Waals surface area contributed by atoms with Crippen LogP contribution in [0.5, 0.6) is 0 Å². The molecule has 1 aliphatic carbocycles.